The molecule has 3 fully saturated rings. The molecule has 3 atom stereocenters. The standard InChI is InChI=1S/C62H98N14O18.Lu/c77-50(63-24-9-8-13-48(57(90)91)65-62(94)66-49(58(92)93)20-21-52(80)81)14-7-5-3-1-2-4-6-10-25-70-32-35-75(36-33-70)61-68-59(67-60(69-61)74-26-22-44(23-27-74)12-11-15-51(78)79)64-46-18-16-45(17-19-46)38-47-39-73(42-55(86)87)31-30-71(40-53(82)83)28-29-72(41-54(84)85)34-37-76(47)43-56(88)89;/h16-19,44,47-49H,1-15,20-43H2,(H,63,77)(H,78,79)(H,80,81)(H,82,83)(H,84,85)(H,86,87)(H,88,89)(H,90,91)(H,92,93)(H2,65,66,94)(H,64,67,68,69);/t47?,48-,49-;/m0./s1. The van der Waals surface area contributed by atoms with Crippen LogP contribution in [-0.2, 0) is 49.6 Å². The minimum Gasteiger partial charge on any atom is -0.481 e. The Hall–Kier alpha value is -6.84. The Balaban J connectivity index is 0.0000192. The Labute approximate surface area is 582 Å². The fourth-order valence-electron chi connectivity index (χ4n) is 11.9. The van der Waals surface area contributed by atoms with Gasteiger partial charge >= 0.3 is 53.8 Å². The van der Waals surface area contributed by atoms with Crippen LogP contribution in [0.25, 0.3) is 0 Å². The van der Waals surface area contributed by atoms with E-state index in [2.05, 4.69) is 36.0 Å². The van der Waals surface area contributed by atoms with Crippen molar-refractivity contribution in [1.29, 1.82) is 0 Å². The number of piperazine rings is 1. The van der Waals surface area contributed by atoms with Crippen LogP contribution in [0.3, 0.4) is 0 Å². The number of carboxylic acids is 8. The Morgan fingerprint density at radius 3 is 1.52 bits per heavy atom. The van der Waals surface area contributed by atoms with Gasteiger partial charge in [-0.3, -0.25) is 58.1 Å². The second-order valence-corrected chi connectivity index (χ2v) is 24.6. The van der Waals surface area contributed by atoms with Crippen LogP contribution in [0.2, 0.25) is 0 Å². The zero-order chi connectivity index (χ0) is 68.4. The average molecular weight is 1500 g/mol. The number of piperidine rings is 1. The van der Waals surface area contributed by atoms with Gasteiger partial charge in [0, 0.05) is 159 Å². The molecule has 2 aromatic rings. The molecule has 3 amide bonds. The van der Waals surface area contributed by atoms with Crippen molar-refractivity contribution in [3.05, 3.63) is 29.8 Å². The van der Waals surface area contributed by atoms with Gasteiger partial charge in [-0.2, -0.15) is 15.0 Å². The molecule has 95 heavy (non-hydrogen) atoms. The Kier molecular flexibility index (Phi) is 37.4. The first-order chi connectivity index (χ1) is 45.0. The van der Waals surface area contributed by atoms with Gasteiger partial charge in [0.15, 0.2) is 0 Å². The predicted octanol–water partition coefficient (Wildman–Crippen LogP) is 2.55. The molecule has 0 spiro atoms. The second kappa shape index (κ2) is 44.1. The van der Waals surface area contributed by atoms with Gasteiger partial charge in [-0.15, -0.1) is 0 Å². The summed E-state index contributed by atoms with van der Waals surface area (Å²) in [6, 6.07) is 3.14. The number of hydrogen-bond donors (Lipinski definition) is 12. The Morgan fingerprint density at radius 1 is 0.474 bits per heavy atom. The summed E-state index contributed by atoms with van der Waals surface area (Å²) in [5.41, 5.74) is 1.49. The first kappa shape index (κ1) is 80.6. The summed E-state index contributed by atoms with van der Waals surface area (Å²) in [5.74, 6) is -7.42. The van der Waals surface area contributed by atoms with Crippen molar-refractivity contribution in [2.75, 3.05) is 139 Å². The number of nitrogens with one attached hydrogen (secondary N) is 4. The monoisotopic (exact) mass is 1500 g/mol. The van der Waals surface area contributed by atoms with Crippen molar-refractivity contribution in [3.8, 4) is 0 Å². The number of anilines is 4. The fourth-order valence-corrected chi connectivity index (χ4v) is 11.9. The fraction of sp³-hybridized carbons (Fsp3) is 0.694. The van der Waals surface area contributed by atoms with Crippen LogP contribution in [0.15, 0.2) is 24.3 Å². The van der Waals surface area contributed by atoms with Gasteiger partial charge in [-0.25, -0.2) is 14.4 Å². The van der Waals surface area contributed by atoms with Gasteiger partial charge in [-0.1, -0.05) is 50.7 Å². The van der Waals surface area contributed by atoms with Crippen LogP contribution in [0, 0.1) is 42.8 Å². The van der Waals surface area contributed by atoms with E-state index >= 15 is 0 Å². The van der Waals surface area contributed by atoms with E-state index in [0.717, 1.165) is 95.8 Å². The molecule has 5 rings (SSSR count). The maximum Gasteiger partial charge on any atom is 0.326 e. The topological polar surface area (TPSA) is 442 Å². The van der Waals surface area contributed by atoms with E-state index < -0.39 is 78.3 Å². The first-order valence-electron chi connectivity index (χ1n) is 32.8. The van der Waals surface area contributed by atoms with Gasteiger partial charge in [0.25, 0.3) is 0 Å². The predicted molar refractivity (Wildman–Crippen MR) is 343 cm³/mol. The molecule has 1 radical (unpaired) electrons. The molecule has 1 aromatic carbocycles. The molecule has 3 saturated heterocycles. The Morgan fingerprint density at radius 2 is 0.968 bits per heavy atom. The van der Waals surface area contributed by atoms with Gasteiger partial charge in [0.1, 0.15) is 12.1 Å². The van der Waals surface area contributed by atoms with Crippen LogP contribution >= 0.6 is 0 Å². The summed E-state index contributed by atoms with van der Waals surface area (Å²) in [7, 11) is 0. The van der Waals surface area contributed by atoms with E-state index in [-0.39, 0.29) is 134 Å². The van der Waals surface area contributed by atoms with E-state index in [1.807, 2.05) is 24.3 Å². The minimum atomic E-state index is -1.50. The van der Waals surface area contributed by atoms with Gasteiger partial charge in [0.05, 0.1) is 26.2 Å². The molecule has 12 N–H and O–H groups in total. The number of carboxylic acid groups (broad SMARTS) is 8. The smallest absolute Gasteiger partial charge is 0.326 e. The zero-order valence-corrected chi connectivity index (χ0v) is 55.7. The molecule has 0 aliphatic carbocycles. The van der Waals surface area contributed by atoms with Crippen molar-refractivity contribution >= 4 is 83.2 Å². The van der Waals surface area contributed by atoms with E-state index in [9.17, 15) is 83.7 Å². The summed E-state index contributed by atoms with van der Waals surface area (Å²) < 4.78 is 0. The van der Waals surface area contributed by atoms with Crippen molar-refractivity contribution in [2.24, 2.45) is 5.92 Å². The normalized spacial score (nSPS) is 17.4. The number of unbranched alkanes of at least 4 members (excludes halogenated alkanes) is 8. The summed E-state index contributed by atoms with van der Waals surface area (Å²) >= 11 is 0. The van der Waals surface area contributed by atoms with E-state index in [4.69, 9.17) is 20.1 Å². The molecule has 3 aliphatic rings. The van der Waals surface area contributed by atoms with E-state index in [1.54, 1.807) is 19.6 Å². The van der Waals surface area contributed by atoms with Crippen LogP contribution in [0.1, 0.15) is 128 Å². The molecule has 32 nitrogen and oxygen atoms in total. The maximum absolute atomic E-state index is 12.4. The molecule has 4 heterocycles. The summed E-state index contributed by atoms with van der Waals surface area (Å²) in [4.78, 5) is 146. The molecule has 539 valence electrons. The number of urea groups is 1. The van der Waals surface area contributed by atoms with Crippen LogP contribution in [-0.4, -0.2) is 282 Å². The number of carbonyl (C=O) groups is 10. The summed E-state index contributed by atoms with van der Waals surface area (Å²) in [6.07, 6.45) is 12.2. The molecular weight excluding hydrogens is 1400 g/mol. The number of amides is 3. The number of aliphatic carboxylic acids is 8. The van der Waals surface area contributed by atoms with Crippen molar-refractivity contribution in [2.45, 2.75) is 147 Å². The molecule has 3 aliphatic heterocycles. The van der Waals surface area contributed by atoms with Crippen LogP contribution < -0.4 is 31.1 Å². The number of benzene rings is 1. The average Bonchev–Trinajstić information content (AvgIpc) is 0.818. The molecule has 1 unspecified atom stereocenters. The van der Waals surface area contributed by atoms with Crippen LogP contribution in [0.5, 0.6) is 0 Å². The number of rotatable bonds is 41. The zero-order valence-electron chi connectivity index (χ0n) is 54.1. The van der Waals surface area contributed by atoms with E-state index in [1.165, 1.54) is 0 Å². The number of aromatic nitrogens is 3. The first-order valence-corrected chi connectivity index (χ1v) is 32.8. The van der Waals surface area contributed by atoms with Crippen LogP contribution in [0.4, 0.5) is 28.3 Å². The van der Waals surface area contributed by atoms with Gasteiger partial charge < -0.3 is 71.9 Å². The third kappa shape index (κ3) is 33.1. The van der Waals surface area contributed by atoms with E-state index in [0.29, 0.717) is 94.3 Å². The third-order valence-corrected chi connectivity index (χ3v) is 17.1. The number of nitrogens with zero attached hydrogens (tertiary/aromatic N) is 10. The molecule has 33 heteroatoms. The minimum absolute atomic E-state index is 0. The SMILES string of the molecule is O=C(O)CCCC1CCN(c2nc(Nc3ccc(CC4CN(CC(=O)O)CCN(CC(=O)O)CCN(CC(=O)O)CCN4CC(=O)O)cc3)nc(N3CCN(CCCCCCCCCCC(=O)NCCCC[C@H](NC(=O)N[C@@H](CCC(=O)O)C(=O)O)C(=O)O)CC3)n2)CC1.[Lu]. The van der Waals surface area contributed by atoms with Gasteiger partial charge in [-0.05, 0) is 101 Å². The summed E-state index contributed by atoms with van der Waals surface area (Å²) in [6.45, 7) is 5.57. The maximum atomic E-state index is 12.4. The second-order valence-electron chi connectivity index (χ2n) is 24.6. The molecule has 0 saturated carbocycles. The largest absolute Gasteiger partial charge is 0.481 e. The number of carbonyl (C=O) groups excluding carboxylic acids is 2. The summed E-state index contributed by atoms with van der Waals surface area (Å²) in [5, 5.41) is 86.7. The van der Waals surface area contributed by atoms with Crippen molar-refractivity contribution in [1.82, 2.24) is 55.4 Å². The third-order valence-electron chi connectivity index (χ3n) is 17.1. The van der Waals surface area contributed by atoms with Gasteiger partial charge in [0.2, 0.25) is 23.8 Å². The number of hydrogen-bond acceptors (Lipinski definition) is 21. The molecule has 0 bridgehead atoms. The molecule has 1 aromatic heterocycles. The molecular formula is C62H98LuN14O18. The Bertz CT molecular complexity index is 2760. The quantitative estimate of drug-likeness (QED) is 0.0426. The van der Waals surface area contributed by atoms with Crippen molar-refractivity contribution in [3.63, 3.8) is 0 Å². The van der Waals surface area contributed by atoms with Crippen molar-refractivity contribution < 1.29 is 126 Å².